The van der Waals surface area contributed by atoms with Crippen molar-refractivity contribution < 1.29 is 9.90 Å². The number of nitrogens with two attached hydrogens (primary N) is 1. The van der Waals surface area contributed by atoms with Gasteiger partial charge in [0.2, 0.25) is 5.91 Å². The lowest BCUT2D eigenvalue weighted by atomic mass is 9.89. The van der Waals surface area contributed by atoms with Crippen molar-refractivity contribution in [1.29, 1.82) is 0 Å². The second-order valence-electron chi connectivity index (χ2n) is 8.04. The summed E-state index contributed by atoms with van der Waals surface area (Å²) in [6, 6.07) is -0.547. The van der Waals surface area contributed by atoms with Crippen LogP contribution in [0.2, 0.25) is 0 Å². The monoisotopic (exact) mass is 353 g/mol. The minimum Gasteiger partial charge on any atom is -0.378 e. The highest BCUT2D eigenvalue weighted by Crippen LogP contribution is 2.24. The molecule has 0 spiro atoms. The van der Waals surface area contributed by atoms with Gasteiger partial charge in [-0.15, -0.1) is 0 Å². The van der Waals surface area contributed by atoms with Crippen LogP contribution in [0.15, 0.2) is 0 Å². The smallest absolute Gasteiger partial charge is 0.237 e. The molecule has 3 aliphatic rings. The summed E-state index contributed by atoms with van der Waals surface area (Å²) in [6.45, 7) is 4.48. The lowest BCUT2D eigenvalue weighted by Crippen LogP contribution is -2.50. The highest BCUT2D eigenvalue weighted by Gasteiger charge is 2.29. The van der Waals surface area contributed by atoms with E-state index in [0.717, 1.165) is 51.5 Å². The summed E-state index contributed by atoms with van der Waals surface area (Å²) < 4.78 is 0. The van der Waals surface area contributed by atoms with Crippen LogP contribution >= 0.6 is 0 Å². The SMILES string of the molecule is NC(CC(O)N1CCCC1)C(=O)NC1CNN(CC2CCCCC2)C1. The fourth-order valence-electron chi connectivity index (χ4n) is 4.38. The van der Waals surface area contributed by atoms with E-state index in [1.807, 2.05) is 4.90 Å². The van der Waals surface area contributed by atoms with Crippen molar-refractivity contribution in [3.8, 4) is 0 Å². The molecule has 1 amide bonds. The largest absolute Gasteiger partial charge is 0.378 e. The number of rotatable bonds is 7. The Balaban J connectivity index is 1.36. The maximum absolute atomic E-state index is 12.3. The predicted octanol–water partition coefficient (Wildman–Crippen LogP) is 0.00330. The average Bonchev–Trinajstić information content (AvgIpc) is 3.28. The number of hydrogen-bond donors (Lipinski definition) is 4. The van der Waals surface area contributed by atoms with Gasteiger partial charge in [-0.1, -0.05) is 19.3 Å². The molecule has 0 radical (unpaired) electrons. The van der Waals surface area contributed by atoms with Gasteiger partial charge < -0.3 is 16.2 Å². The molecule has 0 aromatic carbocycles. The van der Waals surface area contributed by atoms with E-state index in [1.54, 1.807) is 0 Å². The zero-order valence-corrected chi connectivity index (χ0v) is 15.3. The van der Waals surface area contributed by atoms with Crippen molar-refractivity contribution in [1.82, 2.24) is 20.7 Å². The van der Waals surface area contributed by atoms with Crippen LogP contribution in [0.3, 0.4) is 0 Å². The highest BCUT2D eigenvalue weighted by atomic mass is 16.3. The van der Waals surface area contributed by atoms with Crippen molar-refractivity contribution in [2.24, 2.45) is 11.7 Å². The van der Waals surface area contributed by atoms with Crippen LogP contribution in [-0.4, -0.2) is 72.0 Å². The first-order chi connectivity index (χ1) is 12.1. The number of aliphatic hydroxyl groups excluding tert-OH is 1. The van der Waals surface area contributed by atoms with E-state index >= 15 is 0 Å². The van der Waals surface area contributed by atoms with Gasteiger partial charge in [-0.3, -0.25) is 15.1 Å². The second kappa shape index (κ2) is 9.28. The van der Waals surface area contributed by atoms with Gasteiger partial charge in [0.05, 0.1) is 12.1 Å². The zero-order valence-electron chi connectivity index (χ0n) is 15.3. The topological polar surface area (TPSA) is 93.9 Å². The standard InChI is InChI=1S/C18H35N5O2/c19-16(10-17(24)22-8-4-5-9-22)18(25)21-15-11-20-23(13-15)12-14-6-2-1-3-7-14/h14-17,20,24H,1-13,19H2,(H,21,25). The molecule has 2 aliphatic heterocycles. The summed E-state index contributed by atoms with van der Waals surface area (Å²) in [4.78, 5) is 14.3. The molecule has 3 rings (SSSR count). The molecule has 5 N–H and O–H groups in total. The van der Waals surface area contributed by atoms with Gasteiger partial charge in [0.15, 0.2) is 0 Å². The number of hydrogen-bond acceptors (Lipinski definition) is 6. The quantitative estimate of drug-likeness (QED) is 0.515. The molecule has 7 nitrogen and oxygen atoms in total. The molecule has 3 unspecified atom stereocenters. The molecule has 0 aromatic rings. The van der Waals surface area contributed by atoms with Crippen LogP contribution in [0.25, 0.3) is 0 Å². The molecular formula is C18H35N5O2. The lowest BCUT2D eigenvalue weighted by molar-refractivity contribution is -0.124. The van der Waals surface area contributed by atoms with E-state index in [-0.39, 0.29) is 11.9 Å². The average molecular weight is 354 g/mol. The fourth-order valence-corrected chi connectivity index (χ4v) is 4.38. The number of nitrogens with one attached hydrogen (secondary N) is 2. The molecule has 1 aliphatic carbocycles. The van der Waals surface area contributed by atoms with E-state index in [4.69, 9.17) is 5.73 Å². The summed E-state index contributed by atoms with van der Waals surface area (Å²) in [7, 11) is 0. The number of aliphatic hydroxyl groups is 1. The van der Waals surface area contributed by atoms with Crippen LogP contribution in [0.4, 0.5) is 0 Å². The van der Waals surface area contributed by atoms with Crippen molar-refractivity contribution >= 4 is 5.91 Å². The van der Waals surface area contributed by atoms with Crippen LogP contribution in [0.5, 0.6) is 0 Å². The first kappa shape index (κ1) is 19.0. The Kier molecular flexibility index (Phi) is 7.07. The van der Waals surface area contributed by atoms with Gasteiger partial charge in [-0.05, 0) is 31.6 Å². The number of nitrogens with zero attached hydrogens (tertiary/aromatic N) is 2. The van der Waals surface area contributed by atoms with Gasteiger partial charge in [-0.25, -0.2) is 5.01 Å². The third-order valence-electron chi connectivity index (χ3n) is 5.92. The van der Waals surface area contributed by atoms with Gasteiger partial charge in [0.1, 0.15) is 6.23 Å². The normalized spacial score (nSPS) is 29.0. The summed E-state index contributed by atoms with van der Waals surface area (Å²) in [6.07, 6.45) is 8.67. The molecule has 3 atom stereocenters. The molecule has 0 bridgehead atoms. The third-order valence-corrected chi connectivity index (χ3v) is 5.92. The van der Waals surface area contributed by atoms with Crippen LogP contribution < -0.4 is 16.5 Å². The number of hydrazine groups is 1. The lowest BCUT2D eigenvalue weighted by Gasteiger charge is -2.27. The van der Waals surface area contributed by atoms with Crippen molar-refractivity contribution in [2.75, 3.05) is 32.7 Å². The molecular weight excluding hydrogens is 318 g/mol. The van der Waals surface area contributed by atoms with E-state index in [2.05, 4.69) is 15.8 Å². The van der Waals surface area contributed by atoms with Crippen LogP contribution in [0.1, 0.15) is 51.4 Å². The summed E-state index contributed by atoms with van der Waals surface area (Å²) in [5, 5.41) is 15.5. The Labute approximate surface area is 151 Å². The van der Waals surface area contributed by atoms with Gasteiger partial charge in [-0.2, -0.15) is 0 Å². The third kappa shape index (κ3) is 5.62. The van der Waals surface area contributed by atoms with Crippen molar-refractivity contribution in [3.63, 3.8) is 0 Å². The minimum absolute atomic E-state index is 0.103. The van der Waals surface area contributed by atoms with Gasteiger partial charge >= 0.3 is 0 Å². The summed E-state index contributed by atoms with van der Waals surface area (Å²) >= 11 is 0. The van der Waals surface area contributed by atoms with Gasteiger partial charge in [0, 0.05) is 39.1 Å². The number of carbonyl (C=O) groups excluding carboxylic acids is 1. The molecule has 144 valence electrons. The Morgan fingerprint density at radius 2 is 1.92 bits per heavy atom. The first-order valence-electron chi connectivity index (χ1n) is 10.1. The van der Waals surface area contributed by atoms with E-state index in [9.17, 15) is 9.90 Å². The second-order valence-corrected chi connectivity index (χ2v) is 8.04. The Morgan fingerprint density at radius 3 is 2.64 bits per heavy atom. The Bertz CT molecular complexity index is 424. The molecule has 2 saturated heterocycles. The summed E-state index contributed by atoms with van der Waals surface area (Å²) in [5.74, 6) is 0.637. The molecule has 7 heteroatoms. The van der Waals surface area contributed by atoms with E-state index in [0.29, 0.717) is 6.42 Å². The highest BCUT2D eigenvalue weighted by molar-refractivity contribution is 5.81. The molecule has 3 fully saturated rings. The minimum atomic E-state index is -0.650. The van der Waals surface area contributed by atoms with E-state index in [1.165, 1.54) is 32.1 Å². The van der Waals surface area contributed by atoms with Crippen molar-refractivity contribution in [3.05, 3.63) is 0 Å². The Hall–Kier alpha value is -0.730. The molecule has 0 aromatic heterocycles. The molecule has 2 heterocycles. The summed E-state index contributed by atoms with van der Waals surface area (Å²) in [5.41, 5.74) is 9.42. The number of amides is 1. The van der Waals surface area contributed by atoms with Crippen LogP contribution in [0, 0.1) is 5.92 Å². The first-order valence-corrected chi connectivity index (χ1v) is 10.1. The molecule has 1 saturated carbocycles. The number of likely N-dealkylation sites (tertiary alicyclic amines) is 1. The maximum Gasteiger partial charge on any atom is 0.237 e. The van der Waals surface area contributed by atoms with Gasteiger partial charge in [0.25, 0.3) is 0 Å². The van der Waals surface area contributed by atoms with Crippen molar-refractivity contribution in [2.45, 2.75) is 69.7 Å². The maximum atomic E-state index is 12.3. The molecule has 25 heavy (non-hydrogen) atoms. The van der Waals surface area contributed by atoms with E-state index < -0.39 is 12.3 Å². The fraction of sp³-hybridized carbons (Fsp3) is 0.944. The number of carbonyl (C=O) groups is 1. The predicted molar refractivity (Wildman–Crippen MR) is 97.5 cm³/mol. The Morgan fingerprint density at radius 1 is 1.20 bits per heavy atom. The zero-order chi connectivity index (χ0) is 17.6. The van der Waals surface area contributed by atoms with Crippen LogP contribution in [-0.2, 0) is 4.79 Å².